The van der Waals surface area contributed by atoms with Gasteiger partial charge in [0.1, 0.15) is 12.2 Å². The van der Waals surface area contributed by atoms with E-state index in [0.717, 1.165) is 30.3 Å². The van der Waals surface area contributed by atoms with Gasteiger partial charge in [0.2, 0.25) is 0 Å². The van der Waals surface area contributed by atoms with E-state index in [9.17, 15) is 22.8 Å². The van der Waals surface area contributed by atoms with Crippen LogP contribution >= 0.6 is 0 Å². The maximum atomic E-state index is 14.2. The fourth-order valence-corrected chi connectivity index (χ4v) is 6.05. The van der Waals surface area contributed by atoms with Gasteiger partial charge in [0, 0.05) is 37.9 Å². The van der Waals surface area contributed by atoms with E-state index in [1.165, 1.54) is 11.0 Å². The fourth-order valence-electron chi connectivity index (χ4n) is 6.05. The van der Waals surface area contributed by atoms with Gasteiger partial charge in [-0.25, -0.2) is 0 Å². The molecule has 8 nitrogen and oxygen atoms in total. The number of benzene rings is 2. The number of rotatable bonds is 8. The molecule has 2 heterocycles. The second kappa shape index (κ2) is 11.0. The molecule has 3 aromatic rings. The third kappa shape index (κ3) is 5.44. The highest BCUT2D eigenvalue weighted by atomic mass is 19.4. The Labute approximate surface area is 236 Å². The molecule has 214 valence electrons. The van der Waals surface area contributed by atoms with Crippen molar-refractivity contribution in [1.82, 2.24) is 25.4 Å². The molecule has 1 saturated carbocycles. The highest BCUT2D eigenvalue weighted by molar-refractivity contribution is 6.10. The van der Waals surface area contributed by atoms with Gasteiger partial charge in [-0.1, -0.05) is 25.0 Å². The Morgan fingerprint density at radius 1 is 1.20 bits per heavy atom. The Hall–Kier alpha value is -4.17. The van der Waals surface area contributed by atoms with Crippen LogP contribution in [-0.2, 0) is 36.5 Å². The third-order valence-corrected chi connectivity index (χ3v) is 7.81. The number of aryl methyl sites for hydroxylation is 1. The zero-order chi connectivity index (χ0) is 29.4. The minimum absolute atomic E-state index is 0.0256. The molecule has 11 heteroatoms. The van der Waals surface area contributed by atoms with Crippen molar-refractivity contribution in [3.63, 3.8) is 0 Å². The molecule has 1 fully saturated rings. The molecule has 0 saturated heterocycles. The predicted octanol–water partition coefficient (Wildman–Crippen LogP) is 3.94. The van der Waals surface area contributed by atoms with Crippen molar-refractivity contribution in [3.05, 3.63) is 76.4 Å². The number of halogens is 3. The monoisotopic (exact) mass is 564 g/mol. The van der Waals surface area contributed by atoms with Gasteiger partial charge in [-0.15, -0.1) is 10.2 Å². The third-order valence-electron chi connectivity index (χ3n) is 7.81. The highest BCUT2D eigenvalue weighted by Crippen LogP contribution is 2.52. The molecule has 0 unspecified atom stereocenters. The normalized spacial score (nSPS) is 19.8. The second-order valence-corrected chi connectivity index (χ2v) is 10.8. The van der Waals surface area contributed by atoms with Crippen LogP contribution in [0.3, 0.4) is 0 Å². The summed E-state index contributed by atoms with van der Waals surface area (Å²) >= 11 is 0. The highest BCUT2D eigenvalue weighted by Gasteiger charge is 2.48. The largest absolute Gasteiger partial charge is 0.416 e. The predicted molar refractivity (Wildman–Crippen MR) is 147 cm³/mol. The van der Waals surface area contributed by atoms with Crippen molar-refractivity contribution in [2.75, 3.05) is 18.0 Å². The quantitative estimate of drug-likeness (QED) is 0.320. The van der Waals surface area contributed by atoms with Gasteiger partial charge >= 0.3 is 6.18 Å². The summed E-state index contributed by atoms with van der Waals surface area (Å²) in [4.78, 5) is 26.4. The summed E-state index contributed by atoms with van der Waals surface area (Å²) in [7, 11) is 1.90. The second-order valence-electron chi connectivity index (χ2n) is 10.8. The van der Waals surface area contributed by atoms with Crippen LogP contribution in [0.15, 0.2) is 42.7 Å². The van der Waals surface area contributed by atoms with E-state index >= 15 is 0 Å². The van der Waals surface area contributed by atoms with Crippen LogP contribution in [0.4, 0.5) is 18.9 Å². The molecule has 0 atom stereocenters. The van der Waals surface area contributed by atoms with Crippen LogP contribution in [0.5, 0.6) is 0 Å². The van der Waals surface area contributed by atoms with Crippen molar-refractivity contribution >= 4 is 17.5 Å². The average molecular weight is 565 g/mol. The van der Waals surface area contributed by atoms with Crippen molar-refractivity contribution in [2.45, 2.75) is 51.4 Å². The molecule has 1 aromatic heterocycles. The summed E-state index contributed by atoms with van der Waals surface area (Å²) < 4.78 is 44.4. The van der Waals surface area contributed by atoms with Gasteiger partial charge in [0.25, 0.3) is 11.8 Å². The number of carbonyl (C=O) groups excluding carboxylic acids is 2. The lowest BCUT2D eigenvalue weighted by Crippen LogP contribution is -2.43. The molecular weight excluding hydrogens is 533 g/mol. The molecule has 2 N–H and O–H groups in total. The zero-order valence-corrected chi connectivity index (χ0v) is 23.1. The van der Waals surface area contributed by atoms with E-state index in [1.54, 1.807) is 19.3 Å². The molecule has 2 amide bonds. The van der Waals surface area contributed by atoms with E-state index in [0.29, 0.717) is 23.7 Å². The molecule has 0 spiro atoms. The number of aromatic nitrogens is 3. The van der Waals surface area contributed by atoms with Gasteiger partial charge < -0.3 is 20.1 Å². The van der Waals surface area contributed by atoms with E-state index < -0.39 is 23.6 Å². The van der Waals surface area contributed by atoms with Gasteiger partial charge in [-0.3, -0.25) is 9.59 Å². The van der Waals surface area contributed by atoms with Crippen molar-refractivity contribution in [3.8, 4) is 11.8 Å². The molecule has 0 bridgehead atoms. The summed E-state index contributed by atoms with van der Waals surface area (Å²) in [5, 5.41) is 14.0. The van der Waals surface area contributed by atoms with Crippen LogP contribution in [-0.4, -0.2) is 39.7 Å². The summed E-state index contributed by atoms with van der Waals surface area (Å²) in [6.07, 6.45) is -1.24. The van der Waals surface area contributed by atoms with Gasteiger partial charge in [0.05, 0.1) is 17.5 Å². The lowest BCUT2D eigenvalue weighted by molar-refractivity contribution is -0.138. The van der Waals surface area contributed by atoms with Crippen LogP contribution in [0.2, 0.25) is 0 Å². The maximum absolute atomic E-state index is 14.2. The van der Waals surface area contributed by atoms with Gasteiger partial charge in [0.15, 0.2) is 0 Å². The Kier molecular flexibility index (Phi) is 7.62. The minimum atomic E-state index is -4.62. The molecule has 1 aliphatic heterocycles. The first-order valence-corrected chi connectivity index (χ1v) is 13.4. The molecule has 0 radical (unpaired) electrons. The SMILES string of the molecule is CC#CC(=O)NCCNCc1cc2c(c(C(F)(F)F)c1)CN(c1cccc(C3(c4nncn4C)CC(C)C3)c1)C2=O. The number of hydrogen-bond acceptors (Lipinski definition) is 5. The lowest BCUT2D eigenvalue weighted by Gasteiger charge is -2.46. The summed E-state index contributed by atoms with van der Waals surface area (Å²) in [6.45, 7) is 4.25. The molecular formula is C30H31F3N6O2. The minimum Gasteiger partial charge on any atom is -0.344 e. The number of nitrogens with one attached hydrogen (secondary N) is 2. The zero-order valence-electron chi connectivity index (χ0n) is 23.1. The van der Waals surface area contributed by atoms with Crippen molar-refractivity contribution < 1.29 is 22.8 Å². The lowest BCUT2D eigenvalue weighted by atomic mass is 9.58. The van der Waals surface area contributed by atoms with Crippen molar-refractivity contribution in [1.29, 1.82) is 0 Å². The molecule has 5 rings (SSSR count). The number of amides is 2. The summed E-state index contributed by atoms with van der Waals surface area (Å²) in [6, 6.07) is 10.1. The Morgan fingerprint density at radius 3 is 2.63 bits per heavy atom. The van der Waals surface area contributed by atoms with Gasteiger partial charge in [-0.05, 0) is 72.6 Å². The number of alkyl halides is 3. The van der Waals surface area contributed by atoms with Gasteiger partial charge in [-0.2, -0.15) is 13.2 Å². The first-order valence-electron chi connectivity index (χ1n) is 13.4. The number of hydrogen-bond donors (Lipinski definition) is 2. The summed E-state index contributed by atoms with van der Waals surface area (Å²) in [5.74, 6) is 5.27. The van der Waals surface area contributed by atoms with Crippen LogP contribution in [0.1, 0.15) is 65.1 Å². The van der Waals surface area contributed by atoms with Crippen molar-refractivity contribution in [2.24, 2.45) is 13.0 Å². The van der Waals surface area contributed by atoms with E-state index in [1.807, 2.05) is 29.8 Å². The fraction of sp³-hybridized carbons (Fsp3) is 0.400. The Balaban J connectivity index is 1.39. The Morgan fingerprint density at radius 2 is 1.98 bits per heavy atom. The number of nitrogens with zero attached hydrogens (tertiary/aromatic N) is 4. The maximum Gasteiger partial charge on any atom is 0.416 e. The standard InChI is InChI=1S/C30H31F3N6O2/c1-4-6-26(40)35-10-9-34-16-20-11-23-24(25(12-20)30(31,32)33)17-39(27(23)41)22-8-5-7-21(13-22)29(14-19(2)15-29)28-37-36-18-38(28)3/h5,7-8,11-13,18-19,34H,9-10,14-17H2,1-3H3,(H,35,40). The van der Waals surface area contributed by atoms with E-state index in [4.69, 9.17) is 0 Å². The first kappa shape index (κ1) is 28.4. The Bertz CT molecular complexity index is 1550. The number of anilines is 1. The molecule has 2 aliphatic rings. The average Bonchev–Trinajstić information content (AvgIpc) is 3.49. The summed E-state index contributed by atoms with van der Waals surface area (Å²) in [5.41, 5.74) is 0.693. The smallest absolute Gasteiger partial charge is 0.344 e. The van der Waals surface area contributed by atoms with Crippen LogP contribution in [0.25, 0.3) is 0 Å². The van der Waals surface area contributed by atoms with Crippen LogP contribution in [0, 0.1) is 17.8 Å². The van der Waals surface area contributed by atoms with Crippen LogP contribution < -0.4 is 15.5 Å². The number of fused-ring (bicyclic) bond motifs is 1. The van der Waals surface area contributed by atoms with E-state index in [2.05, 4.69) is 39.6 Å². The number of carbonyl (C=O) groups is 2. The first-order chi connectivity index (χ1) is 19.5. The molecule has 1 aliphatic carbocycles. The molecule has 41 heavy (non-hydrogen) atoms. The van der Waals surface area contributed by atoms with E-state index in [-0.39, 0.29) is 36.2 Å². The topological polar surface area (TPSA) is 92.2 Å². The molecule has 2 aromatic carbocycles.